The maximum absolute atomic E-state index is 11.1. The average Bonchev–Trinajstić information content (AvgIpc) is 2.11. The van der Waals surface area contributed by atoms with Crippen LogP contribution in [-0.2, 0) is 0 Å². The number of oxime groups is 1. The van der Waals surface area contributed by atoms with Crippen molar-refractivity contribution >= 4 is 11.9 Å². The van der Waals surface area contributed by atoms with E-state index in [1.54, 1.807) is 0 Å². The Hall–Kier alpha value is -1.46. The molecule has 0 aliphatic rings. The topological polar surface area (TPSA) is 99.2 Å². The molecule has 0 saturated carbocycles. The quantitative estimate of drug-likeness (QED) is 0.296. The number of nitrogens with two attached hydrogens (primary N) is 1. The Bertz CT molecular complexity index is 271. The van der Waals surface area contributed by atoms with Crippen LogP contribution < -0.4 is 5.73 Å². The summed E-state index contributed by atoms with van der Waals surface area (Å²) in [5.74, 6) is 0.117. The van der Waals surface area contributed by atoms with Crippen LogP contribution in [-0.4, -0.2) is 38.7 Å². The second kappa shape index (κ2) is 5.58. The number of hydrogen-bond donors (Lipinski definition) is 3. The summed E-state index contributed by atoms with van der Waals surface area (Å²) < 4.78 is 0. The van der Waals surface area contributed by atoms with Gasteiger partial charge in [-0.25, -0.2) is 4.79 Å². The fourth-order valence-corrected chi connectivity index (χ4v) is 1.67. The first-order valence-electron chi connectivity index (χ1n) is 5.18. The van der Waals surface area contributed by atoms with Crippen molar-refractivity contribution in [1.29, 1.82) is 0 Å². The van der Waals surface area contributed by atoms with Crippen molar-refractivity contribution in [2.24, 2.45) is 10.9 Å². The Balaban J connectivity index is 4.53. The van der Waals surface area contributed by atoms with E-state index < -0.39 is 11.6 Å². The largest absolute Gasteiger partial charge is 0.465 e. The summed E-state index contributed by atoms with van der Waals surface area (Å²) in [5, 5.41) is 20.4. The van der Waals surface area contributed by atoms with Crippen LogP contribution in [0.3, 0.4) is 0 Å². The molecule has 0 radical (unpaired) electrons. The molecule has 0 fully saturated rings. The summed E-state index contributed by atoms with van der Waals surface area (Å²) in [6.07, 6.45) is -0.0590. The highest BCUT2D eigenvalue weighted by molar-refractivity contribution is 5.79. The summed E-state index contributed by atoms with van der Waals surface area (Å²) >= 11 is 0. The zero-order valence-electron chi connectivity index (χ0n) is 10.3. The molecule has 0 aromatic carbocycles. The smallest absolute Gasteiger partial charge is 0.407 e. The third-order valence-corrected chi connectivity index (χ3v) is 2.32. The molecule has 0 aliphatic heterocycles. The average molecular weight is 231 g/mol. The lowest BCUT2D eigenvalue weighted by atomic mass is 10.0. The Morgan fingerprint density at radius 1 is 1.50 bits per heavy atom. The Morgan fingerprint density at radius 3 is 2.31 bits per heavy atom. The van der Waals surface area contributed by atoms with E-state index in [1.807, 2.05) is 27.7 Å². The van der Waals surface area contributed by atoms with E-state index in [2.05, 4.69) is 5.16 Å². The third-order valence-electron chi connectivity index (χ3n) is 2.32. The lowest BCUT2D eigenvalue weighted by Gasteiger charge is -2.38. The van der Waals surface area contributed by atoms with Crippen LogP contribution in [0.15, 0.2) is 5.16 Å². The van der Waals surface area contributed by atoms with Crippen molar-refractivity contribution in [3.63, 3.8) is 0 Å². The molecule has 0 saturated heterocycles. The molecular weight excluding hydrogens is 210 g/mol. The van der Waals surface area contributed by atoms with Crippen molar-refractivity contribution in [2.45, 2.75) is 52.1 Å². The number of amidine groups is 1. The fourth-order valence-electron chi connectivity index (χ4n) is 1.67. The molecule has 1 unspecified atom stereocenters. The molecule has 4 N–H and O–H groups in total. The lowest BCUT2D eigenvalue weighted by Crippen LogP contribution is -2.50. The van der Waals surface area contributed by atoms with Crippen LogP contribution in [0, 0.1) is 0 Å². The van der Waals surface area contributed by atoms with Crippen molar-refractivity contribution in [3.8, 4) is 0 Å². The van der Waals surface area contributed by atoms with Gasteiger partial charge in [0.05, 0.1) is 0 Å². The van der Waals surface area contributed by atoms with Crippen LogP contribution in [0.4, 0.5) is 4.79 Å². The van der Waals surface area contributed by atoms with E-state index in [9.17, 15) is 4.79 Å². The first-order valence-corrected chi connectivity index (χ1v) is 5.18. The Morgan fingerprint density at radius 2 is 2.00 bits per heavy atom. The van der Waals surface area contributed by atoms with Crippen molar-refractivity contribution in [2.75, 3.05) is 0 Å². The van der Waals surface area contributed by atoms with E-state index in [0.29, 0.717) is 12.8 Å². The van der Waals surface area contributed by atoms with E-state index >= 15 is 0 Å². The first kappa shape index (κ1) is 14.5. The highest BCUT2D eigenvalue weighted by Crippen LogP contribution is 2.19. The summed E-state index contributed by atoms with van der Waals surface area (Å²) in [6, 6.07) is -0.183. The van der Waals surface area contributed by atoms with E-state index in [4.69, 9.17) is 16.0 Å². The molecular formula is C10H21N3O3. The van der Waals surface area contributed by atoms with Crippen LogP contribution in [0.1, 0.15) is 40.5 Å². The SMILES string of the molecule is CC(CC/C(N)=N\O)N(C(=O)O)C(C)(C)C. The molecule has 0 bridgehead atoms. The van der Waals surface area contributed by atoms with Gasteiger partial charge in [0.25, 0.3) is 0 Å². The van der Waals surface area contributed by atoms with Gasteiger partial charge in [-0.3, -0.25) is 0 Å². The second-order valence-electron chi connectivity index (χ2n) is 4.80. The number of rotatable bonds is 4. The number of carboxylic acid groups (broad SMARTS) is 1. The molecule has 0 heterocycles. The van der Waals surface area contributed by atoms with E-state index in [1.165, 1.54) is 4.90 Å². The molecule has 94 valence electrons. The summed E-state index contributed by atoms with van der Waals surface area (Å²) in [7, 11) is 0. The molecule has 0 rings (SSSR count). The van der Waals surface area contributed by atoms with Gasteiger partial charge in [0, 0.05) is 18.0 Å². The highest BCUT2D eigenvalue weighted by atomic mass is 16.4. The summed E-state index contributed by atoms with van der Waals surface area (Å²) in [4.78, 5) is 12.5. The maximum atomic E-state index is 11.1. The molecule has 6 heteroatoms. The number of hydrogen-bond acceptors (Lipinski definition) is 3. The minimum Gasteiger partial charge on any atom is -0.465 e. The van der Waals surface area contributed by atoms with Gasteiger partial charge in [-0.05, 0) is 34.1 Å². The van der Waals surface area contributed by atoms with Gasteiger partial charge in [0.2, 0.25) is 0 Å². The number of amides is 1. The molecule has 0 aromatic heterocycles. The van der Waals surface area contributed by atoms with Gasteiger partial charge in [0.15, 0.2) is 0 Å². The van der Waals surface area contributed by atoms with Crippen molar-refractivity contribution < 1.29 is 15.1 Å². The second-order valence-corrected chi connectivity index (χ2v) is 4.80. The van der Waals surface area contributed by atoms with Gasteiger partial charge in [-0.1, -0.05) is 5.16 Å². The van der Waals surface area contributed by atoms with Gasteiger partial charge >= 0.3 is 6.09 Å². The normalized spacial score (nSPS) is 14.6. The fraction of sp³-hybridized carbons (Fsp3) is 0.800. The Labute approximate surface area is 95.7 Å². The maximum Gasteiger partial charge on any atom is 0.407 e. The molecule has 0 aromatic rings. The van der Waals surface area contributed by atoms with Crippen LogP contribution in [0.25, 0.3) is 0 Å². The number of carbonyl (C=O) groups is 1. The molecule has 0 aliphatic carbocycles. The van der Waals surface area contributed by atoms with Crippen molar-refractivity contribution in [3.05, 3.63) is 0 Å². The predicted molar refractivity (Wildman–Crippen MR) is 61.7 cm³/mol. The number of nitrogens with zero attached hydrogens (tertiary/aromatic N) is 2. The first-order chi connectivity index (χ1) is 7.20. The molecule has 1 amide bonds. The minimum absolute atomic E-state index is 0.117. The van der Waals surface area contributed by atoms with E-state index in [-0.39, 0.29) is 11.9 Å². The summed E-state index contributed by atoms with van der Waals surface area (Å²) in [5.41, 5.74) is 4.88. The minimum atomic E-state index is -0.959. The molecule has 1 atom stereocenters. The monoisotopic (exact) mass is 231 g/mol. The van der Waals surface area contributed by atoms with Gasteiger partial charge in [-0.2, -0.15) is 0 Å². The third kappa shape index (κ3) is 4.37. The van der Waals surface area contributed by atoms with Gasteiger partial charge in [0.1, 0.15) is 5.84 Å². The van der Waals surface area contributed by atoms with Crippen LogP contribution in [0.2, 0.25) is 0 Å². The zero-order valence-corrected chi connectivity index (χ0v) is 10.3. The van der Waals surface area contributed by atoms with Gasteiger partial charge in [-0.15, -0.1) is 0 Å². The van der Waals surface area contributed by atoms with Gasteiger partial charge < -0.3 is 20.9 Å². The zero-order chi connectivity index (χ0) is 12.9. The van der Waals surface area contributed by atoms with Crippen LogP contribution in [0.5, 0.6) is 0 Å². The molecule has 6 nitrogen and oxygen atoms in total. The molecule has 16 heavy (non-hydrogen) atoms. The van der Waals surface area contributed by atoms with E-state index in [0.717, 1.165) is 0 Å². The Kier molecular flexibility index (Phi) is 5.07. The highest BCUT2D eigenvalue weighted by Gasteiger charge is 2.30. The van der Waals surface area contributed by atoms with Crippen LogP contribution >= 0.6 is 0 Å². The standard InChI is InChI=1S/C10H21N3O3/c1-7(5-6-8(11)12-16)13(9(14)15)10(2,3)4/h7,16H,5-6H2,1-4H3,(H2,11,12)(H,14,15). The van der Waals surface area contributed by atoms with Crippen molar-refractivity contribution in [1.82, 2.24) is 4.90 Å². The lowest BCUT2D eigenvalue weighted by molar-refractivity contribution is 0.0734. The molecule has 0 spiro atoms. The predicted octanol–water partition coefficient (Wildman–Crippen LogP) is 1.68. The summed E-state index contributed by atoms with van der Waals surface area (Å²) in [6.45, 7) is 7.31.